The Morgan fingerprint density at radius 1 is 1.69 bits per heavy atom. The summed E-state index contributed by atoms with van der Waals surface area (Å²) in [5, 5.41) is 3.96. The number of rotatable bonds is 3. The van der Waals surface area contributed by atoms with Crippen molar-refractivity contribution in [1.82, 2.24) is 14.5 Å². The van der Waals surface area contributed by atoms with Crippen molar-refractivity contribution in [3.05, 3.63) is 10.6 Å². The summed E-state index contributed by atoms with van der Waals surface area (Å²) in [7, 11) is 0. The lowest BCUT2D eigenvalue weighted by molar-refractivity contribution is 0.0792. The van der Waals surface area contributed by atoms with E-state index in [1.165, 1.54) is 11.5 Å². The maximum Gasteiger partial charge on any atom is 0.267 e. The van der Waals surface area contributed by atoms with E-state index < -0.39 is 0 Å². The molecule has 0 bridgehead atoms. The Labute approximate surface area is 104 Å². The molecule has 0 N–H and O–H groups in total. The normalized spacial score (nSPS) is 20.4. The first-order valence-electron chi connectivity index (χ1n) is 5.42. The second-order valence-corrected chi connectivity index (χ2v) is 5.03. The minimum atomic E-state index is 0.0690. The molecule has 6 heteroatoms. The predicted molar refractivity (Wildman–Crippen MR) is 64.0 cm³/mol. The van der Waals surface area contributed by atoms with Gasteiger partial charge in [-0.1, -0.05) is 11.4 Å². The van der Waals surface area contributed by atoms with Crippen LogP contribution in [0.25, 0.3) is 0 Å². The van der Waals surface area contributed by atoms with Gasteiger partial charge in [-0.3, -0.25) is 4.79 Å². The van der Waals surface area contributed by atoms with Crippen LogP contribution in [-0.2, 0) is 6.42 Å². The molecular weight excluding hydrogens is 246 g/mol. The van der Waals surface area contributed by atoms with Gasteiger partial charge in [0.2, 0.25) is 0 Å². The number of aryl methyl sites for hydroxylation is 1. The fourth-order valence-corrected chi connectivity index (χ4v) is 2.86. The molecule has 0 saturated carbocycles. The third kappa shape index (κ3) is 2.20. The van der Waals surface area contributed by atoms with Gasteiger partial charge < -0.3 is 4.90 Å². The van der Waals surface area contributed by atoms with Gasteiger partial charge in [-0.05, 0) is 30.3 Å². The predicted octanol–water partition coefficient (Wildman–Crippen LogP) is 1.80. The summed E-state index contributed by atoms with van der Waals surface area (Å²) in [4.78, 5) is 14.7. The fourth-order valence-electron chi connectivity index (χ4n) is 1.89. The van der Waals surface area contributed by atoms with Crippen LogP contribution in [0, 0.1) is 5.92 Å². The highest BCUT2D eigenvalue weighted by Gasteiger charge is 2.28. The number of carbonyl (C=O) groups excluding carboxylic acids is 1. The maximum absolute atomic E-state index is 12.2. The van der Waals surface area contributed by atoms with Gasteiger partial charge in [-0.15, -0.1) is 16.7 Å². The highest BCUT2D eigenvalue weighted by atomic mass is 35.5. The number of nitrogens with zero attached hydrogens (tertiary/aromatic N) is 3. The quantitative estimate of drug-likeness (QED) is 0.778. The van der Waals surface area contributed by atoms with Gasteiger partial charge in [0.1, 0.15) is 4.88 Å². The van der Waals surface area contributed by atoms with E-state index in [1.807, 2.05) is 11.8 Å². The Kier molecular flexibility index (Phi) is 3.76. The highest BCUT2D eigenvalue weighted by molar-refractivity contribution is 7.08. The average Bonchev–Trinajstić information content (AvgIpc) is 2.96. The van der Waals surface area contributed by atoms with Crippen LogP contribution in [0.5, 0.6) is 0 Å². The Hall–Kier alpha value is -0.680. The zero-order valence-corrected chi connectivity index (χ0v) is 10.7. The standard InChI is InChI=1S/C10H14ClN3OS/c1-2-8-9(16-13-12-8)10(15)14-4-3-7(5-11)6-14/h7H,2-6H2,1H3. The summed E-state index contributed by atoms with van der Waals surface area (Å²) >= 11 is 6.99. The largest absolute Gasteiger partial charge is 0.338 e. The van der Waals surface area contributed by atoms with Gasteiger partial charge in [-0.25, -0.2) is 0 Å². The number of likely N-dealkylation sites (tertiary alicyclic amines) is 1. The van der Waals surface area contributed by atoms with Crippen LogP contribution in [0.3, 0.4) is 0 Å². The van der Waals surface area contributed by atoms with E-state index >= 15 is 0 Å². The van der Waals surface area contributed by atoms with E-state index in [0.29, 0.717) is 16.7 Å². The van der Waals surface area contributed by atoms with Crippen LogP contribution in [0.15, 0.2) is 0 Å². The number of hydrogen-bond donors (Lipinski definition) is 0. The smallest absolute Gasteiger partial charge is 0.267 e. The molecule has 1 aliphatic heterocycles. The molecule has 1 saturated heterocycles. The summed E-state index contributed by atoms with van der Waals surface area (Å²) in [6.07, 6.45) is 1.76. The Balaban J connectivity index is 2.08. The Morgan fingerprint density at radius 2 is 2.50 bits per heavy atom. The molecule has 0 spiro atoms. The molecule has 1 aromatic heterocycles. The number of hydrogen-bond acceptors (Lipinski definition) is 4. The molecule has 0 aromatic carbocycles. The van der Waals surface area contributed by atoms with Crippen LogP contribution >= 0.6 is 23.1 Å². The van der Waals surface area contributed by atoms with Crippen molar-refractivity contribution >= 4 is 29.0 Å². The van der Waals surface area contributed by atoms with E-state index in [-0.39, 0.29) is 5.91 Å². The first-order chi connectivity index (χ1) is 7.76. The molecule has 0 aliphatic carbocycles. The van der Waals surface area contributed by atoms with Crippen LogP contribution in [-0.4, -0.2) is 39.4 Å². The summed E-state index contributed by atoms with van der Waals surface area (Å²) in [6.45, 7) is 3.56. The van der Waals surface area contributed by atoms with E-state index in [9.17, 15) is 4.79 Å². The SMILES string of the molecule is CCc1nnsc1C(=O)N1CCC(CCl)C1. The number of alkyl halides is 1. The maximum atomic E-state index is 12.2. The van der Waals surface area contributed by atoms with Crippen molar-refractivity contribution in [1.29, 1.82) is 0 Å². The molecule has 1 amide bonds. The van der Waals surface area contributed by atoms with Gasteiger partial charge in [0, 0.05) is 19.0 Å². The van der Waals surface area contributed by atoms with Gasteiger partial charge in [0.25, 0.3) is 5.91 Å². The summed E-state index contributed by atoms with van der Waals surface area (Å²) in [5.74, 6) is 1.14. The number of aromatic nitrogens is 2. The molecule has 88 valence electrons. The van der Waals surface area contributed by atoms with Crippen LogP contribution in [0.4, 0.5) is 0 Å². The number of amides is 1. The lowest BCUT2D eigenvalue weighted by Gasteiger charge is -2.14. The topological polar surface area (TPSA) is 46.1 Å². The molecule has 1 aromatic rings. The van der Waals surface area contributed by atoms with E-state index in [0.717, 1.165) is 31.6 Å². The van der Waals surface area contributed by atoms with Crippen molar-refractivity contribution in [3.63, 3.8) is 0 Å². The van der Waals surface area contributed by atoms with Crippen molar-refractivity contribution in [2.45, 2.75) is 19.8 Å². The molecule has 16 heavy (non-hydrogen) atoms. The minimum absolute atomic E-state index is 0.0690. The van der Waals surface area contributed by atoms with Crippen molar-refractivity contribution < 1.29 is 4.79 Å². The third-order valence-corrected chi connectivity index (χ3v) is 4.07. The average molecular weight is 260 g/mol. The summed E-state index contributed by atoms with van der Waals surface area (Å²) in [6, 6.07) is 0. The molecule has 0 radical (unpaired) electrons. The minimum Gasteiger partial charge on any atom is -0.338 e. The monoisotopic (exact) mass is 259 g/mol. The molecule has 2 rings (SSSR count). The summed E-state index contributed by atoms with van der Waals surface area (Å²) in [5.41, 5.74) is 0.810. The van der Waals surface area contributed by atoms with Crippen LogP contribution in [0.2, 0.25) is 0 Å². The second-order valence-electron chi connectivity index (χ2n) is 3.96. The first kappa shape index (κ1) is 11.8. The molecule has 2 heterocycles. The van der Waals surface area contributed by atoms with E-state index in [4.69, 9.17) is 11.6 Å². The Morgan fingerprint density at radius 3 is 3.12 bits per heavy atom. The van der Waals surface area contributed by atoms with Gasteiger partial charge >= 0.3 is 0 Å². The van der Waals surface area contributed by atoms with Gasteiger partial charge in [-0.2, -0.15) is 0 Å². The number of halogens is 1. The lowest BCUT2D eigenvalue weighted by atomic mass is 10.2. The highest BCUT2D eigenvalue weighted by Crippen LogP contribution is 2.22. The third-order valence-electron chi connectivity index (χ3n) is 2.88. The molecule has 1 atom stereocenters. The Bertz CT molecular complexity index is 382. The van der Waals surface area contributed by atoms with Crippen molar-refractivity contribution in [2.75, 3.05) is 19.0 Å². The van der Waals surface area contributed by atoms with Gasteiger partial charge in [0.05, 0.1) is 5.69 Å². The zero-order chi connectivity index (χ0) is 11.5. The molecule has 1 aliphatic rings. The van der Waals surface area contributed by atoms with Crippen molar-refractivity contribution in [3.8, 4) is 0 Å². The molecular formula is C10H14ClN3OS. The van der Waals surface area contributed by atoms with Gasteiger partial charge in [0.15, 0.2) is 0 Å². The molecule has 4 nitrogen and oxygen atoms in total. The molecule has 1 unspecified atom stereocenters. The van der Waals surface area contributed by atoms with E-state index in [1.54, 1.807) is 0 Å². The summed E-state index contributed by atoms with van der Waals surface area (Å²) < 4.78 is 3.84. The zero-order valence-electron chi connectivity index (χ0n) is 9.15. The molecule has 1 fully saturated rings. The second kappa shape index (κ2) is 5.10. The first-order valence-corrected chi connectivity index (χ1v) is 6.73. The number of carbonyl (C=O) groups is 1. The van der Waals surface area contributed by atoms with Crippen LogP contribution in [0.1, 0.15) is 28.7 Å². The van der Waals surface area contributed by atoms with Crippen molar-refractivity contribution in [2.24, 2.45) is 5.92 Å². The lowest BCUT2D eigenvalue weighted by Crippen LogP contribution is -2.28. The van der Waals surface area contributed by atoms with E-state index in [2.05, 4.69) is 9.59 Å². The van der Waals surface area contributed by atoms with Crippen LogP contribution < -0.4 is 0 Å². The fraction of sp³-hybridized carbons (Fsp3) is 0.700.